The number of hydrogen-bond acceptors (Lipinski definition) is 2. The zero-order chi connectivity index (χ0) is 8.43. The van der Waals surface area contributed by atoms with Crippen LogP contribution in [0.2, 0.25) is 0 Å². The van der Waals surface area contributed by atoms with Gasteiger partial charge in [-0.1, -0.05) is 6.92 Å². The highest BCUT2D eigenvalue weighted by Gasteiger charge is 2.28. The molecule has 1 unspecified atom stereocenters. The smallest absolute Gasteiger partial charge is 0.0639 e. The highest BCUT2D eigenvalue weighted by molar-refractivity contribution is 4.83. The Morgan fingerprint density at radius 2 is 2.09 bits per heavy atom. The number of hydrogen-bond donors (Lipinski definition) is 1. The molecular weight excluding hydrogens is 138 g/mol. The zero-order valence-electron chi connectivity index (χ0n) is 7.75. The minimum absolute atomic E-state index is 0.184. The van der Waals surface area contributed by atoms with Crippen molar-refractivity contribution in [2.45, 2.75) is 38.8 Å². The molecule has 0 aliphatic heterocycles. The maximum atomic E-state index is 9.12. The molecule has 2 heteroatoms. The molecule has 2 nitrogen and oxygen atoms in total. The fourth-order valence-electron chi connectivity index (χ4n) is 1.79. The topological polar surface area (TPSA) is 23.5 Å². The Bertz CT molecular complexity index is 119. The molecule has 0 aromatic heterocycles. The normalized spacial score (nSPS) is 33.5. The van der Waals surface area contributed by atoms with Crippen LogP contribution in [0.4, 0.5) is 0 Å². The summed E-state index contributed by atoms with van der Waals surface area (Å²) in [6.07, 6.45) is 2.43. The van der Waals surface area contributed by atoms with E-state index in [9.17, 15) is 0 Å². The predicted molar refractivity (Wildman–Crippen MR) is 46.5 cm³/mol. The first-order chi connectivity index (χ1) is 5.09. The van der Waals surface area contributed by atoms with Crippen molar-refractivity contribution in [3.63, 3.8) is 0 Å². The maximum absolute atomic E-state index is 9.12. The zero-order valence-corrected chi connectivity index (χ0v) is 7.75. The molecule has 1 rings (SSSR count). The van der Waals surface area contributed by atoms with Crippen molar-refractivity contribution in [3.05, 3.63) is 0 Å². The van der Waals surface area contributed by atoms with Gasteiger partial charge in [-0.05, 0) is 32.7 Å². The van der Waals surface area contributed by atoms with Crippen LogP contribution in [0, 0.1) is 5.92 Å². The molecule has 1 saturated carbocycles. The summed E-state index contributed by atoms with van der Waals surface area (Å²) in [5.74, 6) is 0.899. The van der Waals surface area contributed by atoms with E-state index in [1.54, 1.807) is 0 Å². The van der Waals surface area contributed by atoms with Crippen LogP contribution >= 0.6 is 0 Å². The Kier molecular flexibility index (Phi) is 2.90. The van der Waals surface area contributed by atoms with Crippen molar-refractivity contribution >= 4 is 0 Å². The SMILES string of the molecule is CC(O)CN(C)C1CC(C)C1. The fourth-order valence-corrected chi connectivity index (χ4v) is 1.79. The van der Waals surface area contributed by atoms with Crippen molar-refractivity contribution in [2.24, 2.45) is 5.92 Å². The third kappa shape index (κ3) is 2.46. The number of rotatable bonds is 3. The van der Waals surface area contributed by atoms with Crippen LogP contribution in [0.3, 0.4) is 0 Å². The van der Waals surface area contributed by atoms with Gasteiger partial charge in [0, 0.05) is 12.6 Å². The van der Waals surface area contributed by atoms with Crippen LogP contribution in [0.5, 0.6) is 0 Å². The Morgan fingerprint density at radius 3 is 2.45 bits per heavy atom. The first-order valence-corrected chi connectivity index (χ1v) is 4.48. The van der Waals surface area contributed by atoms with E-state index in [0.29, 0.717) is 0 Å². The number of likely N-dealkylation sites (N-methyl/N-ethyl adjacent to an activating group) is 1. The average molecular weight is 157 g/mol. The third-order valence-electron chi connectivity index (χ3n) is 2.52. The van der Waals surface area contributed by atoms with Crippen LogP contribution in [0.25, 0.3) is 0 Å². The average Bonchev–Trinajstić information content (AvgIpc) is 1.79. The van der Waals surface area contributed by atoms with Gasteiger partial charge in [0.2, 0.25) is 0 Å². The van der Waals surface area contributed by atoms with Crippen molar-refractivity contribution < 1.29 is 5.11 Å². The third-order valence-corrected chi connectivity index (χ3v) is 2.52. The first kappa shape index (κ1) is 9.01. The second-order valence-electron chi connectivity index (χ2n) is 4.02. The van der Waals surface area contributed by atoms with Crippen LogP contribution < -0.4 is 0 Å². The molecule has 0 aromatic carbocycles. The Labute approximate surface area is 69.2 Å². The lowest BCUT2D eigenvalue weighted by molar-refractivity contribution is 0.0634. The van der Waals surface area contributed by atoms with Gasteiger partial charge in [0.25, 0.3) is 0 Å². The summed E-state index contributed by atoms with van der Waals surface area (Å²) in [4.78, 5) is 2.27. The molecule has 1 fully saturated rings. The van der Waals surface area contributed by atoms with Crippen molar-refractivity contribution in [1.82, 2.24) is 4.90 Å². The summed E-state index contributed by atoms with van der Waals surface area (Å²) in [6.45, 7) is 4.95. The Hall–Kier alpha value is -0.0800. The molecule has 11 heavy (non-hydrogen) atoms. The van der Waals surface area contributed by atoms with Crippen LogP contribution in [-0.2, 0) is 0 Å². The van der Waals surface area contributed by atoms with E-state index in [0.717, 1.165) is 18.5 Å². The van der Waals surface area contributed by atoms with Crippen molar-refractivity contribution in [1.29, 1.82) is 0 Å². The minimum atomic E-state index is -0.184. The molecule has 1 atom stereocenters. The number of aliphatic hydroxyl groups is 1. The lowest BCUT2D eigenvalue weighted by atomic mass is 9.81. The van der Waals surface area contributed by atoms with Crippen LogP contribution in [0.15, 0.2) is 0 Å². The van der Waals surface area contributed by atoms with Gasteiger partial charge in [-0.2, -0.15) is 0 Å². The van der Waals surface area contributed by atoms with E-state index in [1.165, 1.54) is 12.8 Å². The minimum Gasteiger partial charge on any atom is -0.392 e. The summed E-state index contributed by atoms with van der Waals surface area (Å²) in [7, 11) is 2.10. The van der Waals surface area contributed by atoms with E-state index in [2.05, 4.69) is 18.9 Å². The lowest BCUT2D eigenvalue weighted by Gasteiger charge is -2.40. The molecule has 0 bridgehead atoms. The molecular formula is C9H19NO. The van der Waals surface area contributed by atoms with Gasteiger partial charge in [-0.3, -0.25) is 0 Å². The summed E-state index contributed by atoms with van der Waals surface area (Å²) in [5.41, 5.74) is 0. The lowest BCUT2D eigenvalue weighted by Crippen LogP contribution is -2.44. The first-order valence-electron chi connectivity index (χ1n) is 4.48. The predicted octanol–water partition coefficient (Wildman–Crippen LogP) is 1.10. The van der Waals surface area contributed by atoms with Gasteiger partial charge in [-0.25, -0.2) is 0 Å². The van der Waals surface area contributed by atoms with E-state index in [-0.39, 0.29) is 6.10 Å². The Balaban J connectivity index is 2.16. The molecule has 0 spiro atoms. The second kappa shape index (κ2) is 3.55. The van der Waals surface area contributed by atoms with Gasteiger partial charge in [0.15, 0.2) is 0 Å². The standard InChI is InChI=1S/C9H19NO/c1-7-4-9(5-7)10(3)6-8(2)11/h7-9,11H,4-6H2,1-3H3. The van der Waals surface area contributed by atoms with E-state index in [1.807, 2.05) is 6.92 Å². The molecule has 66 valence electrons. The van der Waals surface area contributed by atoms with Gasteiger partial charge >= 0.3 is 0 Å². The van der Waals surface area contributed by atoms with Crippen LogP contribution in [-0.4, -0.2) is 35.7 Å². The molecule has 1 aliphatic carbocycles. The number of nitrogens with zero attached hydrogens (tertiary/aromatic N) is 1. The van der Waals surface area contributed by atoms with E-state index < -0.39 is 0 Å². The largest absolute Gasteiger partial charge is 0.392 e. The van der Waals surface area contributed by atoms with Gasteiger partial charge in [0.05, 0.1) is 6.10 Å². The molecule has 0 heterocycles. The fraction of sp³-hybridized carbons (Fsp3) is 1.00. The molecule has 0 saturated heterocycles. The summed E-state index contributed by atoms with van der Waals surface area (Å²) >= 11 is 0. The summed E-state index contributed by atoms with van der Waals surface area (Å²) in [6, 6.07) is 0.736. The summed E-state index contributed by atoms with van der Waals surface area (Å²) in [5, 5.41) is 9.12. The maximum Gasteiger partial charge on any atom is 0.0639 e. The van der Waals surface area contributed by atoms with Gasteiger partial charge < -0.3 is 10.0 Å². The Morgan fingerprint density at radius 1 is 1.55 bits per heavy atom. The molecule has 0 aromatic rings. The monoisotopic (exact) mass is 157 g/mol. The highest BCUT2D eigenvalue weighted by Crippen LogP contribution is 2.30. The highest BCUT2D eigenvalue weighted by atomic mass is 16.3. The van der Waals surface area contributed by atoms with E-state index in [4.69, 9.17) is 5.11 Å². The summed E-state index contributed by atoms with van der Waals surface area (Å²) < 4.78 is 0. The molecule has 1 N–H and O–H groups in total. The van der Waals surface area contributed by atoms with Crippen LogP contribution in [0.1, 0.15) is 26.7 Å². The number of aliphatic hydroxyl groups excluding tert-OH is 1. The molecule has 0 amide bonds. The van der Waals surface area contributed by atoms with Gasteiger partial charge in [-0.15, -0.1) is 0 Å². The van der Waals surface area contributed by atoms with E-state index >= 15 is 0 Å². The second-order valence-corrected chi connectivity index (χ2v) is 4.02. The van der Waals surface area contributed by atoms with Crippen molar-refractivity contribution in [2.75, 3.05) is 13.6 Å². The van der Waals surface area contributed by atoms with Crippen molar-refractivity contribution in [3.8, 4) is 0 Å². The quantitative estimate of drug-likeness (QED) is 0.663. The molecule has 1 aliphatic rings. The molecule has 0 radical (unpaired) electrons. The van der Waals surface area contributed by atoms with Gasteiger partial charge in [0.1, 0.15) is 0 Å².